The summed E-state index contributed by atoms with van der Waals surface area (Å²) in [7, 11) is 1.66. The summed E-state index contributed by atoms with van der Waals surface area (Å²) in [6.07, 6.45) is 9.52. The van der Waals surface area contributed by atoms with Crippen molar-refractivity contribution in [3.05, 3.63) is 36.2 Å². The molecule has 3 heterocycles. The van der Waals surface area contributed by atoms with Gasteiger partial charge < -0.3 is 14.4 Å². The highest BCUT2D eigenvalue weighted by Crippen LogP contribution is 2.43. The third kappa shape index (κ3) is 4.09. The van der Waals surface area contributed by atoms with E-state index in [1.807, 2.05) is 15.8 Å². The van der Waals surface area contributed by atoms with E-state index in [4.69, 9.17) is 9.47 Å². The third-order valence-electron chi connectivity index (χ3n) is 6.61. The summed E-state index contributed by atoms with van der Waals surface area (Å²) in [4.78, 5) is 22.9. The van der Waals surface area contributed by atoms with Crippen molar-refractivity contribution in [3.8, 4) is 0 Å². The molecule has 30 heavy (non-hydrogen) atoms. The molecule has 160 valence electrons. The summed E-state index contributed by atoms with van der Waals surface area (Å²) in [6, 6.07) is 1.82. The van der Waals surface area contributed by atoms with Crippen molar-refractivity contribution in [1.29, 1.82) is 0 Å². The Labute approximate surface area is 175 Å². The summed E-state index contributed by atoms with van der Waals surface area (Å²) < 4.78 is 13.5. The van der Waals surface area contributed by atoms with Crippen molar-refractivity contribution in [1.82, 2.24) is 29.9 Å². The quantitative estimate of drug-likeness (QED) is 0.683. The predicted molar refractivity (Wildman–Crippen MR) is 106 cm³/mol. The summed E-state index contributed by atoms with van der Waals surface area (Å²) >= 11 is 0. The van der Waals surface area contributed by atoms with Gasteiger partial charge in [-0.05, 0) is 49.5 Å². The Morgan fingerprint density at radius 2 is 2.07 bits per heavy atom. The number of hydrogen-bond donors (Lipinski definition) is 0. The minimum absolute atomic E-state index is 0.0121. The fourth-order valence-corrected chi connectivity index (χ4v) is 4.83. The van der Waals surface area contributed by atoms with Gasteiger partial charge in [-0.3, -0.25) is 4.79 Å². The van der Waals surface area contributed by atoms with Gasteiger partial charge in [0.15, 0.2) is 0 Å². The van der Waals surface area contributed by atoms with E-state index in [-0.39, 0.29) is 18.1 Å². The molecule has 2 aliphatic carbocycles. The molecule has 2 aromatic rings. The molecule has 0 unspecified atom stereocenters. The van der Waals surface area contributed by atoms with Gasteiger partial charge >= 0.3 is 0 Å². The van der Waals surface area contributed by atoms with Crippen LogP contribution in [0.15, 0.2) is 24.8 Å². The van der Waals surface area contributed by atoms with Gasteiger partial charge in [0.25, 0.3) is 5.91 Å². The fourth-order valence-electron chi connectivity index (χ4n) is 4.83. The summed E-state index contributed by atoms with van der Waals surface area (Å²) in [5.41, 5.74) is 1.29. The van der Waals surface area contributed by atoms with Crippen LogP contribution in [-0.4, -0.2) is 68.7 Å². The van der Waals surface area contributed by atoms with E-state index >= 15 is 0 Å². The highest BCUT2D eigenvalue weighted by Gasteiger charge is 2.45. The van der Waals surface area contributed by atoms with E-state index < -0.39 is 0 Å². The van der Waals surface area contributed by atoms with Gasteiger partial charge in [-0.2, -0.15) is 0 Å². The third-order valence-corrected chi connectivity index (χ3v) is 6.61. The second-order valence-corrected chi connectivity index (χ2v) is 8.80. The number of rotatable bonds is 7. The first kappa shape index (κ1) is 19.6. The zero-order valence-corrected chi connectivity index (χ0v) is 17.3. The van der Waals surface area contributed by atoms with Gasteiger partial charge in [0.2, 0.25) is 0 Å². The summed E-state index contributed by atoms with van der Waals surface area (Å²) in [6.45, 7) is 2.78. The molecule has 0 N–H and O–H groups in total. The highest BCUT2D eigenvalue weighted by molar-refractivity contribution is 5.92. The van der Waals surface area contributed by atoms with E-state index in [9.17, 15) is 4.79 Å². The van der Waals surface area contributed by atoms with Gasteiger partial charge in [0.05, 0.1) is 24.9 Å². The maximum atomic E-state index is 12.9. The number of amides is 1. The number of carbonyl (C=O) groups excluding carboxylic acids is 1. The van der Waals surface area contributed by atoms with E-state index in [0.29, 0.717) is 30.1 Å². The Morgan fingerprint density at radius 3 is 2.80 bits per heavy atom. The lowest BCUT2D eigenvalue weighted by atomic mass is 9.77. The molecule has 2 aromatic heterocycles. The topological polar surface area (TPSA) is 95.3 Å². The van der Waals surface area contributed by atoms with Crippen LogP contribution in [0.3, 0.4) is 0 Å². The molecule has 1 saturated heterocycles. The molecule has 3 aliphatic rings. The van der Waals surface area contributed by atoms with Crippen LogP contribution >= 0.6 is 0 Å². The first-order valence-corrected chi connectivity index (χ1v) is 10.8. The van der Waals surface area contributed by atoms with Gasteiger partial charge in [-0.15, -0.1) is 5.10 Å². The van der Waals surface area contributed by atoms with Gasteiger partial charge in [0, 0.05) is 33.0 Å². The predicted octanol–water partition coefficient (Wildman–Crippen LogP) is 1.73. The molecule has 1 amide bonds. The van der Waals surface area contributed by atoms with Crippen LogP contribution in [0.4, 0.5) is 0 Å². The van der Waals surface area contributed by atoms with Crippen molar-refractivity contribution in [2.45, 2.75) is 44.4 Å². The zero-order valence-electron chi connectivity index (χ0n) is 17.3. The lowest BCUT2D eigenvalue weighted by Crippen LogP contribution is -2.38. The van der Waals surface area contributed by atoms with Crippen LogP contribution in [0.25, 0.3) is 0 Å². The molecule has 5 rings (SSSR count). The Hall–Kier alpha value is -2.39. The van der Waals surface area contributed by atoms with Crippen LogP contribution in [-0.2, 0) is 16.1 Å². The first-order chi connectivity index (χ1) is 14.7. The number of ether oxygens (including phenoxy) is 2. The standard InChI is InChI=1S/C21H28N6O3/c1-29-12-17-10-27(25-24-17)19-6-15-8-26(21(28)18-4-5-22-13-23-18)9-16(15)7-20(19)30-11-14-2-3-14/h4-5,10,13-16,19-20H,2-3,6-9,11-12H2,1H3/t15-,16+,19-,20-/m1/s1. The second-order valence-electron chi connectivity index (χ2n) is 8.80. The molecular formula is C21H28N6O3. The molecule has 1 aliphatic heterocycles. The van der Waals surface area contributed by atoms with Crippen LogP contribution in [0.5, 0.6) is 0 Å². The highest BCUT2D eigenvalue weighted by atomic mass is 16.5. The number of hydrogen-bond acceptors (Lipinski definition) is 7. The van der Waals surface area contributed by atoms with Crippen molar-refractivity contribution < 1.29 is 14.3 Å². The van der Waals surface area contributed by atoms with Crippen molar-refractivity contribution in [2.24, 2.45) is 17.8 Å². The Balaban J connectivity index is 1.31. The van der Waals surface area contributed by atoms with Crippen molar-refractivity contribution in [3.63, 3.8) is 0 Å². The van der Waals surface area contributed by atoms with E-state index in [0.717, 1.165) is 38.2 Å². The molecule has 0 spiro atoms. The molecule has 0 radical (unpaired) electrons. The van der Waals surface area contributed by atoms with E-state index in [2.05, 4.69) is 20.3 Å². The van der Waals surface area contributed by atoms with Gasteiger partial charge in [-0.1, -0.05) is 5.21 Å². The molecule has 9 nitrogen and oxygen atoms in total. The van der Waals surface area contributed by atoms with Gasteiger partial charge in [-0.25, -0.2) is 14.6 Å². The SMILES string of the molecule is COCc1cn([C@@H]2C[C@@H]3CN(C(=O)c4ccncn4)C[C@@H]3C[C@H]2OCC2CC2)nn1. The molecule has 2 saturated carbocycles. The smallest absolute Gasteiger partial charge is 0.272 e. The number of fused-ring (bicyclic) bond motifs is 1. The Kier molecular flexibility index (Phi) is 5.47. The molecule has 0 bridgehead atoms. The summed E-state index contributed by atoms with van der Waals surface area (Å²) in [5, 5.41) is 8.62. The van der Waals surface area contributed by atoms with Crippen LogP contribution < -0.4 is 0 Å². The van der Waals surface area contributed by atoms with Crippen LogP contribution in [0.2, 0.25) is 0 Å². The van der Waals surface area contributed by atoms with E-state index in [1.54, 1.807) is 19.4 Å². The lowest BCUT2D eigenvalue weighted by Gasteiger charge is -2.37. The average molecular weight is 412 g/mol. The Morgan fingerprint density at radius 1 is 1.23 bits per heavy atom. The largest absolute Gasteiger partial charge is 0.378 e. The average Bonchev–Trinajstić information content (AvgIpc) is 3.33. The minimum Gasteiger partial charge on any atom is -0.378 e. The number of likely N-dealkylation sites (tertiary alicyclic amines) is 1. The van der Waals surface area contributed by atoms with Gasteiger partial charge in [0.1, 0.15) is 17.7 Å². The second kappa shape index (κ2) is 8.39. The zero-order chi connectivity index (χ0) is 20.5. The normalized spacial score (nSPS) is 28.5. The summed E-state index contributed by atoms with van der Waals surface area (Å²) in [5.74, 6) is 1.57. The molecular weight excluding hydrogens is 384 g/mol. The Bertz CT molecular complexity index is 871. The maximum Gasteiger partial charge on any atom is 0.272 e. The fraction of sp³-hybridized carbons (Fsp3) is 0.667. The van der Waals surface area contributed by atoms with Crippen LogP contribution in [0.1, 0.15) is 47.9 Å². The number of aromatic nitrogens is 5. The number of carbonyl (C=O) groups is 1. The van der Waals surface area contributed by atoms with Crippen molar-refractivity contribution >= 4 is 5.91 Å². The van der Waals surface area contributed by atoms with Crippen molar-refractivity contribution in [2.75, 3.05) is 26.8 Å². The monoisotopic (exact) mass is 412 g/mol. The molecule has 9 heteroatoms. The first-order valence-electron chi connectivity index (χ1n) is 10.8. The number of nitrogens with zero attached hydrogens (tertiary/aromatic N) is 6. The maximum absolute atomic E-state index is 12.9. The number of methoxy groups -OCH3 is 1. The minimum atomic E-state index is -0.0121. The molecule has 0 aromatic carbocycles. The lowest BCUT2D eigenvalue weighted by molar-refractivity contribution is -0.0375. The van der Waals surface area contributed by atoms with Crippen LogP contribution in [0, 0.1) is 17.8 Å². The van der Waals surface area contributed by atoms with E-state index in [1.165, 1.54) is 19.2 Å². The molecule has 3 fully saturated rings. The molecule has 4 atom stereocenters.